The zero-order chi connectivity index (χ0) is 17.5. The Morgan fingerprint density at radius 3 is 2.36 bits per heavy atom. The minimum atomic E-state index is -0.0653. The van der Waals surface area contributed by atoms with Crippen LogP contribution in [0.15, 0.2) is 72.8 Å². The number of aryl methyl sites for hydroxylation is 1. The summed E-state index contributed by atoms with van der Waals surface area (Å²) in [6.45, 7) is 0. The first-order valence-corrected chi connectivity index (χ1v) is 8.80. The number of Topliss-reactive ketones (excluding diaryl/α,β-unsaturated/α-hetero) is 1. The van der Waals surface area contributed by atoms with Crippen LogP contribution in [0.5, 0.6) is 0 Å². The van der Waals surface area contributed by atoms with Crippen LogP contribution in [0.3, 0.4) is 0 Å². The van der Waals surface area contributed by atoms with Gasteiger partial charge in [-0.1, -0.05) is 72.8 Å². The maximum atomic E-state index is 12.3. The van der Waals surface area contributed by atoms with Crippen molar-refractivity contribution >= 4 is 16.6 Å². The van der Waals surface area contributed by atoms with Gasteiger partial charge in [0.15, 0.2) is 0 Å². The van der Waals surface area contributed by atoms with Gasteiger partial charge >= 0.3 is 0 Å². The highest BCUT2D eigenvalue weighted by atomic mass is 16.5. The highest BCUT2D eigenvalue weighted by Gasteiger charge is 2.14. The second-order valence-corrected chi connectivity index (χ2v) is 6.47. The van der Waals surface area contributed by atoms with E-state index in [1.54, 1.807) is 7.11 Å². The maximum Gasteiger partial charge on any atom is 0.135 e. The summed E-state index contributed by atoms with van der Waals surface area (Å²) >= 11 is 0. The van der Waals surface area contributed by atoms with Gasteiger partial charge in [-0.25, -0.2) is 0 Å². The number of ether oxygens (including phenoxy) is 1. The second kappa shape index (κ2) is 8.59. The van der Waals surface area contributed by atoms with Crippen LogP contribution >= 0.6 is 0 Å². The molecule has 0 saturated heterocycles. The molecule has 0 N–H and O–H groups in total. The van der Waals surface area contributed by atoms with E-state index in [1.807, 2.05) is 30.3 Å². The van der Waals surface area contributed by atoms with Crippen molar-refractivity contribution in [1.29, 1.82) is 0 Å². The van der Waals surface area contributed by atoms with Crippen molar-refractivity contribution in [1.82, 2.24) is 0 Å². The molecule has 3 aromatic rings. The molecule has 0 amide bonds. The molecule has 3 rings (SSSR count). The zero-order valence-corrected chi connectivity index (χ0v) is 14.7. The van der Waals surface area contributed by atoms with E-state index in [-0.39, 0.29) is 11.9 Å². The third kappa shape index (κ3) is 5.01. The molecule has 0 radical (unpaired) electrons. The fraction of sp³-hybridized carbons (Fsp3) is 0.261. The van der Waals surface area contributed by atoms with Crippen LogP contribution in [0.4, 0.5) is 0 Å². The molecule has 0 aliphatic carbocycles. The first-order chi connectivity index (χ1) is 12.2. The van der Waals surface area contributed by atoms with Crippen LogP contribution in [0.1, 0.15) is 24.0 Å². The normalized spacial score (nSPS) is 12.2. The second-order valence-electron chi connectivity index (χ2n) is 6.47. The van der Waals surface area contributed by atoms with Crippen molar-refractivity contribution in [3.63, 3.8) is 0 Å². The maximum absolute atomic E-state index is 12.3. The van der Waals surface area contributed by atoms with E-state index in [0.29, 0.717) is 12.8 Å². The van der Waals surface area contributed by atoms with Crippen LogP contribution in [0.2, 0.25) is 0 Å². The van der Waals surface area contributed by atoms with Gasteiger partial charge in [0.25, 0.3) is 0 Å². The van der Waals surface area contributed by atoms with Crippen LogP contribution in [-0.2, 0) is 22.4 Å². The van der Waals surface area contributed by atoms with Gasteiger partial charge in [0.1, 0.15) is 5.78 Å². The number of hydrogen-bond donors (Lipinski definition) is 0. The molecular formula is C23H24O2. The lowest BCUT2D eigenvalue weighted by atomic mass is 9.98. The van der Waals surface area contributed by atoms with Gasteiger partial charge in [-0.05, 0) is 34.7 Å². The Morgan fingerprint density at radius 1 is 0.880 bits per heavy atom. The molecule has 0 fully saturated rings. The molecule has 2 nitrogen and oxygen atoms in total. The Hall–Kier alpha value is -2.45. The van der Waals surface area contributed by atoms with E-state index < -0.39 is 0 Å². The molecule has 128 valence electrons. The summed E-state index contributed by atoms with van der Waals surface area (Å²) in [5.74, 6) is 0.261. The molecular weight excluding hydrogens is 308 g/mol. The number of rotatable bonds is 8. The fourth-order valence-electron chi connectivity index (χ4n) is 3.15. The molecule has 1 unspecified atom stereocenters. The summed E-state index contributed by atoms with van der Waals surface area (Å²) in [5, 5.41) is 2.46. The van der Waals surface area contributed by atoms with Gasteiger partial charge in [0, 0.05) is 20.0 Å². The summed E-state index contributed by atoms with van der Waals surface area (Å²) in [6.07, 6.45) is 2.53. The summed E-state index contributed by atoms with van der Waals surface area (Å²) in [5.41, 5.74) is 2.42. The standard InChI is InChI=1S/C23H24O2/c1-25-23(17-22(24)14-12-18-7-3-2-4-8-18)16-19-11-13-20-9-5-6-10-21(20)15-19/h2-11,13,15,23H,12,14,16-17H2,1H3. The van der Waals surface area contributed by atoms with E-state index in [9.17, 15) is 4.79 Å². The van der Waals surface area contributed by atoms with E-state index >= 15 is 0 Å². The van der Waals surface area contributed by atoms with Gasteiger partial charge in [0.05, 0.1) is 6.10 Å². The van der Waals surface area contributed by atoms with Gasteiger partial charge < -0.3 is 4.74 Å². The molecule has 0 saturated carbocycles. The predicted molar refractivity (Wildman–Crippen MR) is 103 cm³/mol. The molecule has 0 aliphatic rings. The van der Waals surface area contributed by atoms with Crippen molar-refractivity contribution in [2.45, 2.75) is 31.8 Å². The van der Waals surface area contributed by atoms with Crippen LogP contribution in [0, 0.1) is 0 Å². The SMILES string of the molecule is COC(CC(=O)CCc1ccccc1)Cc1ccc2ccccc2c1. The minimum absolute atomic E-state index is 0.0653. The summed E-state index contributed by atoms with van der Waals surface area (Å²) in [4.78, 5) is 12.3. The molecule has 25 heavy (non-hydrogen) atoms. The summed E-state index contributed by atoms with van der Waals surface area (Å²) < 4.78 is 5.57. The summed E-state index contributed by atoms with van der Waals surface area (Å²) in [6, 6.07) is 24.9. The zero-order valence-electron chi connectivity index (χ0n) is 14.7. The van der Waals surface area contributed by atoms with Gasteiger partial charge in [-0.3, -0.25) is 4.79 Å². The number of methoxy groups -OCH3 is 1. The molecule has 3 aromatic carbocycles. The molecule has 2 heteroatoms. The number of fused-ring (bicyclic) bond motifs is 1. The monoisotopic (exact) mass is 332 g/mol. The number of benzene rings is 3. The number of hydrogen-bond acceptors (Lipinski definition) is 2. The number of ketones is 1. The van der Waals surface area contributed by atoms with Crippen LogP contribution in [0.25, 0.3) is 10.8 Å². The first-order valence-electron chi connectivity index (χ1n) is 8.80. The van der Waals surface area contributed by atoms with E-state index in [1.165, 1.54) is 21.9 Å². The van der Waals surface area contributed by atoms with E-state index in [4.69, 9.17) is 4.74 Å². The molecule has 0 aliphatic heterocycles. The Bertz CT molecular complexity index is 824. The predicted octanol–water partition coefficient (Wildman–Crippen LogP) is 4.99. The smallest absolute Gasteiger partial charge is 0.135 e. The fourth-order valence-corrected chi connectivity index (χ4v) is 3.15. The number of carbonyl (C=O) groups is 1. The van der Waals surface area contributed by atoms with Crippen molar-refractivity contribution in [2.75, 3.05) is 7.11 Å². The van der Waals surface area contributed by atoms with Crippen molar-refractivity contribution < 1.29 is 9.53 Å². The van der Waals surface area contributed by atoms with Crippen molar-refractivity contribution in [2.24, 2.45) is 0 Å². The average molecular weight is 332 g/mol. The van der Waals surface area contributed by atoms with Crippen LogP contribution < -0.4 is 0 Å². The average Bonchev–Trinajstić information content (AvgIpc) is 2.66. The third-order valence-corrected chi connectivity index (χ3v) is 4.60. The van der Waals surface area contributed by atoms with Crippen molar-refractivity contribution in [3.05, 3.63) is 83.9 Å². The van der Waals surface area contributed by atoms with E-state index in [0.717, 1.165) is 12.8 Å². The van der Waals surface area contributed by atoms with Gasteiger partial charge in [-0.2, -0.15) is 0 Å². The first kappa shape index (κ1) is 17.4. The van der Waals surface area contributed by atoms with Crippen LogP contribution in [-0.4, -0.2) is 19.0 Å². The van der Waals surface area contributed by atoms with Gasteiger partial charge in [0.2, 0.25) is 0 Å². The Labute approximate surface area is 149 Å². The Kier molecular flexibility index (Phi) is 5.97. The largest absolute Gasteiger partial charge is 0.381 e. The minimum Gasteiger partial charge on any atom is -0.381 e. The summed E-state index contributed by atoms with van der Waals surface area (Å²) in [7, 11) is 1.69. The topological polar surface area (TPSA) is 26.3 Å². The van der Waals surface area contributed by atoms with E-state index in [2.05, 4.69) is 42.5 Å². The quantitative estimate of drug-likeness (QED) is 0.581. The lowest BCUT2D eigenvalue weighted by Crippen LogP contribution is -2.19. The van der Waals surface area contributed by atoms with Gasteiger partial charge in [-0.15, -0.1) is 0 Å². The highest BCUT2D eigenvalue weighted by molar-refractivity contribution is 5.83. The number of carbonyl (C=O) groups excluding carboxylic acids is 1. The Morgan fingerprint density at radius 2 is 1.60 bits per heavy atom. The molecule has 0 spiro atoms. The lowest BCUT2D eigenvalue weighted by Gasteiger charge is -2.15. The molecule has 0 bridgehead atoms. The van der Waals surface area contributed by atoms with Crippen molar-refractivity contribution in [3.8, 4) is 0 Å². The third-order valence-electron chi connectivity index (χ3n) is 4.60. The highest BCUT2D eigenvalue weighted by Crippen LogP contribution is 2.18. The molecule has 0 aromatic heterocycles. The Balaban J connectivity index is 1.56. The molecule has 0 heterocycles. The lowest BCUT2D eigenvalue weighted by molar-refractivity contribution is -0.121. The molecule has 1 atom stereocenters.